The summed E-state index contributed by atoms with van der Waals surface area (Å²) in [5.74, 6) is -4.10. The molecule has 0 aliphatic rings. The Kier molecular flexibility index (Phi) is 12.1. The van der Waals surface area contributed by atoms with Gasteiger partial charge < -0.3 is 36.8 Å². The minimum atomic E-state index is -1.20. The minimum absolute atomic E-state index is 0.0916. The molecule has 0 saturated carbocycles. The average Bonchev–Trinajstić information content (AvgIpc) is 2.69. The van der Waals surface area contributed by atoms with E-state index in [0.29, 0.717) is 37.4 Å². The van der Waals surface area contributed by atoms with E-state index in [0.717, 1.165) is 23.5 Å². The van der Waals surface area contributed by atoms with Crippen molar-refractivity contribution >= 4 is 65.2 Å². The number of carboxylic acids is 4. The molecule has 0 aliphatic heterocycles. The number of hydrogen-bond donors (Lipinski definition) is 6. The Morgan fingerprint density at radius 3 is 1.48 bits per heavy atom. The Morgan fingerprint density at radius 2 is 1.15 bits per heavy atom. The van der Waals surface area contributed by atoms with Crippen LogP contribution in [0.4, 0.5) is 17.8 Å². The zero-order valence-electron chi connectivity index (χ0n) is 17.5. The van der Waals surface area contributed by atoms with E-state index in [1.54, 1.807) is 4.90 Å². The van der Waals surface area contributed by atoms with Gasteiger partial charge in [0.25, 0.3) is 0 Å². The summed E-state index contributed by atoms with van der Waals surface area (Å²) in [6, 6.07) is 0. The largest absolute Gasteiger partial charge is 0.481 e. The second kappa shape index (κ2) is 14.2. The smallest absolute Gasteiger partial charge is 0.317 e. The van der Waals surface area contributed by atoms with Gasteiger partial charge in [-0.05, 0) is 24.3 Å². The van der Waals surface area contributed by atoms with Gasteiger partial charge in [0.1, 0.15) is 10.5 Å². The van der Waals surface area contributed by atoms with Crippen LogP contribution in [-0.4, -0.2) is 94.4 Å². The zero-order valence-corrected chi connectivity index (χ0v) is 19.1. The van der Waals surface area contributed by atoms with E-state index in [-0.39, 0.29) is 17.8 Å². The van der Waals surface area contributed by atoms with Crippen LogP contribution in [0.3, 0.4) is 0 Å². The third-order valence-electron chi connectivity index (χ3n) is 3.99. The summed E-state index contributed by atoms with van der Waals surface area (Å²) < 4.78 is 0. The fourth-order valence-electron chi connectivity index (χ4n) is 2.56. The van der Waals surface area contributed by atoms with Crippen molar-refractivity contribution in [1.29, 1.82) is 0 Å². The fourth-order valence-corrected chi connectivity index (χ4v) is 4.53. The van der Waals surface area contributed by atoms with Gasteiger partial charge in [-0.25, -0.2) is 0 Å². The Balaban J connectivity index is 2.70. The number of nitrogen functional groups attached to an aromatic ring is 2. The molecule has 0 aliphatic carbocycles. The van der Waals surface area contributed by atoms with Crippen molar-refractivity contribution in [2.24, 2.45) is 0 Å². The highest BCUT2D eigenvalue weighted by Gasteiger charge is 2.23. The molecule has 0 radical (unpaired) electrons. The second-order valence-electron chi connectivity index (χ2n) is 6.64. The van der Waals surface area contributed by atoms with Gasteiger partial charge in [0.05, 0.1) is 12.8 Å². The van der Waals surface area contributed by atoms with Crippen molar-refractivity contribution in [2.75, 3.05) is 41.0 Å². The summed E-state index contributed by atoms with van der Waals surface area (Å²) in [5, 5.41) is 33.7. The highest BCUT2D eigenvalue weighted by atomic mass is 32.2. The topological polar surface area (TPSA) is 243 Å². The quantitative estimate of drug-likeness (QED) is 0.151. The molecule has 8 N–H and O–H groups in total. The summed E-state index contributed by atoms with van der Waals surface area (Å²) in [7, 11) is 0. The molecule has 16 heteroatoms. The molecule has 184 valence electrons. The third kappa shape index (κ3) is 11.4. The molecule has 33 heavy (non-hydrogen) atoms. The normalized spacial score (nSPS) is 12.6. The first-order valence-corrected chi connectivity index (χ1v) is 11.7. The number of nitrogens with two attached hydrogens (primary N) is 2. The molecule has 0 fully saturated rings. The van der Waals surface area contributed by atoms with E-state index in [1.807, 2.05) is 0 Å². The van der Waals surface area contributed by atoms with Crippen molar-refractivity contribution in [1.82, 2.24) is 15.0 Å². The van der Waals surface area contributed by atoms with Crippen LogP contribution in [-0.2, 0) is 19.2 Å². The van der Waals surface area contributed by atoms with Crippen molar-refractivity contribution in [2.45, 2.75) is 36.2 Å². The number of carbonyl (C=O) groups is 4. The van der Waals surface area contributed by atoms with Gasteiger partial charge in [-0.1, -0.05) is 0 Å². The number of hydrogen-bond acceptors (Lipinski definition) is 12. The zero-order chi connectivity index (χ0) is 25.0. The predicted octanol–water partition coefficient (Wildman–Crippen LogP) is -0.0552. The summed E-state index contributed by atoms with van der Waals surface area (Å²) >= 11 is 2.02. The summed E-state index contributed by atoms with van der Waals surface area (Å²) in [5.41, 5.74) is 11.3. The molecule has 0 bridgehead atoms. The van der Waals surface area contributed by atoms with Gasteiger partial charge in [0.15, 0.2) is 0 Å². The van der Waals surface area contributed by atoms with E-state index in [1.165, 1.54) is 0 Å². The van der Waals surface area contributed by atoms with Crippen LogP contribution in [0, 0.1) is 0 Å². The van der Waals surface area contributed by atoms with E-state index < -0.39 is 47.2 Å². The molecule has 1 rings (SSSR count). The van der Waals surface area contributed by atoms with Crippen molar-refractivity contribution < 1.29 is 39.6 Å². The Labute approximate surface area is 197 Å². The summed E-state index contributed by atoms with van der Waals surface area (Å²) in [6.07, 6.45) is -0.0714. The minimum Gasteiger partial charge on any atom is -0.481 e. The van der Waals surface area contributed by atoms with E-state index in [4.69, 9.17) is 31.9 Å². The molecule has 1 aromatic rings. The predicted molar refractivity (Wildman–Crippen MR) is 122 cm³/mol. The molecular weight excluding hydrogens is 480 g/mol. The van der Waals surface area contributed by atoms with Gasteiger partial charge in [0, 0.05) is 13.1 Å². The lowest BCUT2D eigenvalue weighted by Crippen LogP contribution is -2.30. The Bertz CT molecular complexity index is 783. The molecule has 1 heterocycles. The average molecular weight is 507 g/mol. The summed E-state index contributed by atoms with van der Waals surface area (Å²) in [4.78, 5) is 57.4. The lowest BCUT2D eigenvalue weighted by molar-refractivity contribution is -0.142. The Morgan fingerprint density at radius 1 is 0.758 bits per heavy atom. The van der Waals surface area contributed by atoms with Crippen LogP contribution in [0.5, 0.6) is 0 Å². The molecule has 1 aromatic heterocycles. The number of aliphatic carboxylic acids is 4. The van der Waals surface area contributed by atoms with Crippen LogP contribution < -0.4 is 16.4 Å². The highest BCUT2D eigenvalue weighted by molar-refractivity contribution is 8.00. The van der Waals surface area contributed by atoms with Crippen LogP contribution in [0.25, 0.3) is 0 Å². The third-order valence-corrected chi connectivity index (χ3v) is 6.58. The molecule has 0 aromatic carbocycles. The lowest BCUT2D eigenvalue weighted by atomic mass is 10.3. The maximum Gasteiger partial charge on any atom is 0.317 e. The van der Waals surface area contributed by atoms with E-state index in [9.17, 15) is 19.2 Å². The summed E-state index contributed by atoms with van der Waals surface area (Å²) in [6.45, 7) is 0.717. The first kappa shape index (κ1) is 28.0. The number of rotatable bonds is 17. The maximum atomic E-state index is 11.2. The fraction of sp³-hybridized carbons (Fsp3) is 0.588. The van der Waals surface area contributed by atoms with Crippen molar-refractivity contribution in [3.05, 3.63) is 0 Å². The SMILES string of the molecule is Nc1nc(N)nc(N(CCCSC(CC(=O)O)C(=O)O)CCCSC(CC(=O)O)C(=O)O)n1. The highest BCUT2D eigenvalue weighted by Crippen LogP contribution is 2.20. The number of carboxylic acid groups (broad SMARTS) is 4. The molecular formula is C17H26N6O8S2. The molecule has 0 spiro atoms. The first-order valence-electron chi connectivity index (χ1n) is 9.64. The van der Waals surface area contributed by atoms with E-state index >= 15 is 0 Å². The van der Waals surface area contributed by atoms with E-state index in [2.05, 4.69) is 15.0 Å². The van der Waals surface area contributed by atoms with Crippen LogP contribution in [0.2, 0.25) is 0 Å². The second-order valence-corrected chi connectivity index (χ2v) is 9.26. The van der Waals surface area contributed by atoms with Gasteiger partial charge >= 0.3 is 23.9 Å². The van der Waals surface area contributed by atoms with Crippen LogP contribution in [0.1, 0.15) is 25.7 Å². The van der Waals surface area contributed by atoms with Gasteiger partial charge in [-0.3, -0.25) is 19.2 Å². The van der Waals surface area contributed by atoms with Crippen LogP contribution >= 0.6 is 23.5 Å². The molecule has 2 unspecified atom stereocenters. The lowest BCUT2D eigenvalue weighted by Gasteiger charge is -2.23. The number of nitrogens with zero attached hydrogens (tertiary/aromatic N) is 4. The van der Waals surface area contributed by atoms with Crippen LogP contribution in [0.15, 0.2) is 0 Å². The monoisotopic (exact) mass is 506 g/mol. The standard InChI is InChI=1S/C17H26N6O8S2/c18-15-20-16(19)22-17(21-15)23(3-1-5-32-9(13(28)29)7-11(24)25)4-2-6-33-10(14(30)31)8-12(26)27/h9-10H,1-8H2,(H,24,25)(H,26,27)(H,28,29)(H,30,31)(H4,18,19,20,21,22). The molecule has 2 atom stereocenters. The number of thioether (sulfide) groups is 2. The first-order chi connectivity index (χ1) is 15.5. The maximum absolute atomic E-state index is 11.2. The Hall–Kier alpha value is -3.01. The molecule has 0 saturated heterocycles. The van der Waals surface area contributed by atoms with Crippen molar-refractivity contribution in [3.8, 4) is 0 Å². The molecule has 0 amide bonds. The van der Waals surface area contributed by atoms with Gasteiger partial charge in [0.2, 0.25) is 17.8 Å². The van der Waals surface area contributed by atoms with Gasteiger partial charge in [-0.2, -0.15) is 15.0 Å². The number of anilines is 3. The molecule has 14 nitrogen and oxygen atoms in total. The van der Waals surface area contributed by atoms with Crippen molar-refractivity contribution in [3.63, 3.8) is 0 Å². The number of aromatic nitrogens is 3. The van der Waals surface area contributed by atoms with Gasteiger partial charge in [-0.15, -0.1) is 23.5 Å².